The predicted molar refractivity (Wildman–Crippen MR) is 144 cm³/mol. The van der Waals surface area contributed by atoms with Crippen molar-refractivity contribution in [1.29, 1.82) is 0 Å². The van der Waals surface area contributed by atoms with Gasteiger partial charge in [-0.25, -0.2) is 13.8 Å². The second-order valence-corrected chi connectivity index (χ2v) is 10.4. The molecule has 0 radical (unpaired) electrons. The number of pyridine rings is 1. The molecule has 3 heterocycles. The molecule has 3 N–H and O–H groups in total. The molecule has 0 spiro atoms. The molecule has 5 rings (SSSR count). The molecular formula is C28H27ClF2N6O. The highest BCUT2D eigenvalue weighted by molar-refractivity contribution is 6.30. The maximum Gasteiger partial charge on any atom is 0.254 e. The normalized spacial score (nSPS) is 19.6. The van der Waals surface area contributed by atoms with Crippen LogP contribution in [0.25, 0.3) is 22.3 Å². The Hall–Kier alpha value is -3.82. The number of carbonyl (C=O) groups is 1. The number of aromatic nitrogens is 3. The lowest BCUT2D eigenvalue weighted by atomic mass is 9.78. The van der Waals surface area contributed by atoms with Gasteiger partial charge in [0.1, 0.15) is 17.5 Å². The summed E-state index contributed by atoms with van der Waals surface area (Å²) in [6.07, 6.45) is 5.19. The first-order chi connectivity index (χ1) is 18.0. The van der Waals surface area contributed by atoms with Gasteiger partial charge < -0.3 is 16.0 Å². The number of nitrogen functional groups attached to an aromatic ring is 1. The molecule has 1 fully saturated rings. The van der Waals surface area contributed by atoms with Crippen molar-refractivity contribution >= 4 is 23.3 Å². The number of hydrogen-bond donors (Lipinski definition) is 2. The standard InChI is InChI=1S/C28H27ClF2N6O/c1-28(19-5-7-22(29)24(31)10-19)15-36(2)14-25(28)35-27(38)20-6-4-16(9-23(20)30)21-8-17(11-33-26(21)32)18-12-34-37(3)13-18/h4-13,25H,14-15H2,1-3H3,(H2,32,33)(H,35,38)/t25-,28+/m1/s1. The molecule has 0 saturated carbocycles. The van der Waals surface area contributed by atoms with E-state index in [0.717, 1.165) is 11.1 Å². The van der Waals surface area contributed by atoms with Gasteiger partial charge in [-0.15, -0.1) is 0 Å². The van der Waals surface area contributed by atoms with Crippen molar-refractivity contribution < 1.29 is 13.6 Å². The number of anilines is 1. The van der Waals surface area contributed by atoms with Crippen LogP contribution in [0.3, 0.4) is 0 Å². The van der Waals surface area contributed by atoms with Crippen LogP contribution >= 0.6 is 11.6 Å². The van der Waals surface area contributed by atoms with Crippen LogP contribution in [-0.4, -0.2) is 51.8 Å². The van der Waals surface area contributed by atoms with Gasteiger partial charge in [-0.1, -0.05) is 30.7 Å². The molecule has 0 bridgehead atoms. The third-order valence-electron chi connectivity index (χ3n) is 7.23. The molecule has 1 aliphatic heterocycles. The molecule has 2 aromatic heterocycles. The minimum Gasteiger partial charge on any atom is -0.383 e. The molecule has 1 amide bonds. The topological polar surface area (TPSA) is 89.1 Å². The van der Waals surface area contributed by atoms with E-state index in [9.17, 15) is 9.18 Å². The predicted octanol–water partition coefficient (Wildman–Crippen LogP) is 4.66. The summed E-state index contributed by atoms with van der Waals surface area (Å²) in [6, 6.07) is 10.5. The third-order valence-corrected chi connectivity index (χ3v) is 7.53. The van der Waals surface area contributed by atoms with Gasteiger partial charge >= 0.3 is 0 Å². The highest BCUT2D eigenvalue weighted by atomic mass is 35.5. The quantitative estimate of drug-likeness (QED) is 0.387. The number of likely N-dealkylation sites (N-methyl/N-ethyl adjacent to an activating group) is 1. The van der Waals surface area contributed by atoms with E-state index in [1.165, 1.54) is 24.3 Å². The SMILES string of the molecule is CN1C[C@@H](NC(=O)c2ccc(-c3cc(-c4cnn(C)c4)cnc3N)cc2F)[C@](C)(c2ccc(Cl)c(F)c2)C1. The minimum absolute atomic E-state index is 0.0354. The van der Waals surface area contributed by atoms with Crippen LogP contribution in [0.15, 0.2) is 61.1 Å². The number of hydrogen-bond acceptors (Lipinski definition) is 5. The lowest BCUT2D eigenvalue weighted by Gasteiger charge is -2.32. The summed E-state index contributed by atoms with van der Waals surface area (Å²) in [5.41, 5.74) is 8.80. The number of benzene rings is 2. The van der Waals surface area contributed by atoms with Crippen molar-refractivity contribution in [3.63, 3.8) is 0 Å². The van der Waals surface area contributed by atoms with Crippen LogP contribution in [-0.2, 0) is 12.5 Å². The van der Waals surface area contributed by atoms with E-state index in [1.807, 2.05) is 38.2 Å². The van der Waals surface area contributed by atoms with Gasteiger partial charge in [-0.2, -0.15) is 5.10 Å². The van der Waals surface area contributed by atoms with Gasteiger partial charge in [0, 0.05) is 54.6 Å². The van der Waals surface area contributed by atoms with Gasteiger partial charge in [0.25, 0.3) is 5.91 Å². The first-order valence-electron chi connectivity index (χ1n) is 12.0. The van der Waals surface area contributed by atoms with Crippen molar-refractivity contribution in [2.75, 3.05) is 25.9 Å². The second kappa shape index (κ2) is 9.81. The Kier molecular flexibility index (Phi) is 6.66. The van der Waals surface area contributed by atoms with Crippen LogP contribution in [0.1, 0.15) is 22.8 Å². The summed E-state index contributed by atoms with van der Waals surface area (Å²) >= 11 is 5.87. The van der Waals surface area contributed by atoms with Crippen LogP contribution < -0.4 is 11.1 Å². The smallest absolute Gasteiger partial charge is 0.254 e. The largest absolute Gasteiger partial charge is 0.383 e. The van der Waals surface area contributed by atoms with Crippen molar-refractivity contribution in [1.82, 2.24) is 25.0 Å². The average Bonchev–Trinajstić information content (AvgIpc) is 3.43. The summed E-state index contributed by atoms with van der Waals surface area (Å²) in [6.45, 7) is 3.06. The molecule has 4 aromatic rings. The molecule has 196 valence electrons. The van der Waals surface area contributed by atoms with Crippen LogP contribution in [0.5, 0.6) is 0 Å². The van der Waals surface area contributed by atoms with E-state index in [4.69, 9.17) is 17.3 Å². The number of rotatable bonds is 5. The highest BCUT2D eigenvalue weighted by Gasteiger charge is 2.44. The Labute approximate surface area is 224 Å². The maximum absolute atomic E-state index is 15.3. The van der Waals surface area contributed by atoms with Gasteiger partial charge in [0.2, 0.25) is 0 Å². The number of aryl methyl sites for hydroxylation is 1. The average molecular weight is 537 g/mol. The van der Waals surface area contributed by atoms with Gasteiger partial charge in [0.15, 0.2) is 0 Å². The number of nitrogens with zero attached hydrogens (tertiary/aromatic N) is 4. The molecule has 10 heteroatoms. The molecule has 38 heavy (non-hydrogen) atoms. The molecule has 0 unspecified atom stereocenters. The molecule has 0 aliphatic carbocycles. The van der Waals surface area contributed by atoms with E-state index in [1.54, 1.807) is 29.2 Å². The number of carbonyl (C=O) groups excluding carboxylic acids is 1. The molecule has 2 aromatic carbocycles. The Morgan fingerprint density at radius 3 is 2.55 bits per heavy atom. The minimum atomic E-state index is -0.684. The maximum atomic E-state index is 15.3. The van der Waals surface area contributed by atoms with Crippen molar-refractivity contribution in [2.24, 2.45) is 7.05 Å². The van der Waals surface area contributed by atoms with Gasteiger partial charge in [-0.05, 0) is 48.5 Å². The Morgan fingerprint density at radius 1 is 1.08 bits per heavy atom. The Bertz CT molecular complexity index is 1540. The fourth-order valence-corrected chi connectivity index (χ4v) is 5.25. The summed E-state index contributed by atoms with van der Waals surface area (Å²) < 4.78 is 31.2. The first-order valence-corrected chi connectivity index (χ1v) is 12.4. The van der Waals surface area contributed by atoms with E-state index in [-0.39, 0.29) is 22.4 Å². The zero-order valence-electron chi connectivity index (χ0n) is 21.2. The zero-order valence-corrected chi connectivity index (χ0v) is 21.9. The first kappa shape index (κ1) is 25.8. The van der Waals surface area contributed by atoms with Crippen molar-refractivity contribution in [3.8, 4) is 22.3 Å². The highest BCUT2D eigenvalue weighted by Crippen LogP contribution is 2.36. The van der Waals surface area contributed by atoms with Gasteiger partial charge in [0.05, 0.1) is 22.8 Å². The third kappa shape index (κ3) is 4.75. The van der Waals surface area contributed by atoms with Crippen LogP contribution in [0, 0.1) is 11.6 Å². The zero-order chi connectivity index (χ0) is 27.2. The van der Waals surface area contributed by atoms with E-state index in [2.05, 4.69) is 15.4 Å². The summed E-state index contributed by atoms with van der Waals surface area (Å²) in [7, 11) is 3.73. The van der Waals surface area contributed by atoms with Crippen LogP contribution in [0.4, 0.5) is 14.6 Å². The summed E-state index contributed by atoms with van der Waals surface area (Å²) in [4.78, 5) is 19.5. The number of halogens is 3. The lowest BCUT2D eigenvalue weighted by molar-refractivity contribution is 0.0922. The van der Waals surface area contributed by atoms with Gasteiger partial charge in [-0.3, -0.25) is 9.48 Å². The lowest BCUT2D eigenvalue weighted by Crippen LogP contribution is -2.48. The number of nitrogens with two attached hydrogens (primary N) is 1. The van der Waals surface area contributed by atoms with E-state index >= 15 is 4.39 Å². The van der Waals surface area contributed by atoms with Crippen molar-refractivity contribution in [2.45, 2.75) is 18.4 Å². The molecule has 1 aliphatic rings. The number of amides is 1. The second-order valence-electron chi connectivity index (χ2n) is 10.0. The molecular weight excluding hydrogens is 510 g/mol. The summed E-state index contributed by atoms with van der Waals surface area (Å²) in [5, 5.41) is 7.18. The molecule has 1 saturated heterocycles. The van der Waals surface area contributed by atoms with E-state index < -0.39 is 23.0 Å². The number of likely N-dealkylation sites (tertiary alicyclic amines) is 1. The van der Waals surface area contributed by atoms with E-state index in [0.29, 0.717) is 29.8 Å². The molecule has 2 atom stereocenters. The Morgan fingerprint density at radius 2 is 1.87 bits per heavy atom. The fourth-order valence-electron chi connectivity index (χ4n) is 5.13. The monoisotopic (exact) mass is 536 g/mol. The summed E-state index contributed by atoms with van der Waals surface area (Å²) in [5.74, 6) is -1.51. The fraction of sp³-hybridized carbons (Fsp3) is 0.250. The molecule has 7 nitrogen and oxygen atoms in total. The Balaban J connectivity index is 1.41. The van der Waals surface area contributed by atoms with Crippen molar-refractivity contribution in [3.05, 3.63) is 88.8 Å². The van der Waals surface area contributed by atoms with Crippen LogP contribution in [0.2, 0.25) is 5.02 Å². The number of nitrogens with one attached hydrogen (secondary N) is 1.